The van der Waals surface area contributed by atoms with Crippen LogP contribution in [0, 0.1) is 5.92 Å². The first-order valence-corrected chi connectivity index (χ1v) is 9.02. The largest absolute Gasteiger partial charge is 0.454 e. The number of rotatable bonds is 3. The third-order valence-electron chi connectivity index (χ3n) is 5.83. The first kappa shape index (κ1) is 15.0. The van der Waals surface area contributed by atoms with Gasteiger partial charge in [0, 0.05) is 17.6 Å². The van der Waals surface area contributed by atoms with Gasteiger partial charge in [-0.3, -0.25) is 4.90 Å². The fraction of sp³-hybridized carbons (Fsp3) is 0.474. The number of aromatic nitrogens is 2. The zero-order valence-electron chi connectivity index (χ0n) is 14.3. The number of nitrogens with zero attached hydrogens (tertiary/aromatic N) is 3. The molecule has 2 aromatic rings. The van der Waals surface area contributed by atoms with Crippen molar-refractivity contribution in [1.29, 1.82) is 0 Å². The van der Waals surface area contributed by atoms with Gasteiger partial charge < -0.3 is 14.8 Å². The molecule has 2 bridgehead atoms. The molecule has 0 radical (unpaired) electrons. The molecule has 3 fully saturated rings. The van der Waals surface area contributed by atoms with Crippen LogP contribution in [0.1, 0.15) is 19.8 Å². The van der Waals surface area contributed by atoms with E-state index in [2.05, 4.69) is 27.3 Å². The van der Waals surface area contributed by atoms with E-state index in [1.165, 1.54) is 25.9 Å². The number of hydrogen-bond donors (Lipinski definition) is 1. The molecule has 0 saturated carbocycles. The Bertz CT molecular complexity index is 769. The molecule has 2 atom stereocenters. The van der Waals surface area contributed by atoms with Crippen molar-refractivity contribution in [1.82, 2.24) is 15.1 Å². The topological polar surface area (TPSA) is 59.5 Å². The molecule has 6 nitrogen and oxygen atoms in total. The average molecular weight is 338 g/mol. The number of fused-ring (bicyclic) bond motifs is 4. The lowest BCUT2D eigenvalue weighted by Gasteiger charge is -2.50. The van der Waals surface area contributed by atoms with E-state index in [4.69, 9.17) is 9.47 Å². The molecule has 0 unspecified atom stereocenters. The molecule has 3 saturated heterocycles. The third kappa shape index (κ3) is 2.61. The van der Waals surface area contributed by atoms with Crippen molar-refractivity contribution in [3.05, 3.63) is 30.3 Å². The third-order valence-corrected chi connectivity index (χ3v) is 5.83. The van der Waals surface area contributed by atoms with Gasteiger partial charge >= 0.3 is 0 Å². The van der Waals surface area contributed by atoms with Crippen LogP contribution in [0.2, 0.25) is 0 Å². The number of piperidine rings is 3. The van der Waals surface area contributed by atoms with Gasteiger partial charge in [0.05, 0.1) is 5.69 Å². The van der Waals surface area contributed by atoms with Gasteiger partial charge in [0.25, 0.3) is 0 Å². The SMILES string of the molecule is C[C@@H]1[C@H](Nc2ccc(-c3ccc4c(c3)OCO4)nn2)C2CCN1CC2. The summed E-state index contributed by atoms with van der Waals surface area (Å²) in [6.07, 6.45) is 2.56. The highest BCUT2D eigenvalue weighted by molar-refractivity contribution is 5.64. The average Bonchev–Trinajstić information content (AvgIpc) is 3.13. The lowest BCUT2D eigenvalue weighted by atomic mass is 9.79. The van der Waals surface area contributed by atoms with Crippen LogP contribution in [0.5, 0.6) is 11.5 Å². The number of hydrogen-bond acceptors (Lipinski definition) is 6. The quantitative estimate of drug-likeness (QED) is 0.929. The summed E-state index contributed by atoms with van der Waals surface area (Å²) in [6, 6.07) is 10.9. The van der Waals surface area contributed by atoms with Crippen LogP contribution in [0.3, 0.4) is 0 Å². The van der Waals surface area contributed by atoms with Gasteiger partial charge in [-0.1, -0.05) is 0 Å². The highest BCUT2D eigenvalue weighted by Gasteiger charge is 2.39. The van der Waals surface area contributed by atoms with Gasteiger partial charge in [-0.05, 0) is 69.1 Å². The zero-order valence-corrected chi connectivity index (χ0v) is 14.3. The minimum absolute atomic E-state index is 0.283. The molecule has 0 aliphatic carbocycles. The number of nitrogens with one attached hydrogen (secondary N) is 1. The Labute approximate surface area is 147 Å². The van der Waals surface area contributed by atoms with Crippen molar-refractivity contribution < 1.29 is 9.47 Å². The second kappa shape index (κ2) is 5.88. The summed E-state index contributed by atoms with van der Waals surface area (Å²) in [5.74, 6) is 3.15. The Balaban J connectivity index is 1.33. The molecule has 6 heteroatoms. The van der Waals surface area contributed by atoms with Crippen LogP contribution in [-0.4, -0.2) is 47.1 Å². The second-order valence-corrected chi connectivity index (χ2v) is 7.16. The molecule has 130 valence electrons. The van der Waals surface area contributed by atoms with Gasteiger partial charge in [0.15, 0.2) is 11.5 Å². The fourth-order valence-electron chi connectivity index (χ4n) is 4.34. The molecule has 0 amide bonds. The normalized spacial score (nSPS) is 29.6. The molecule has 0 spiro atoms. The lowest BCUT2D eigenvalue weighted by Crippen LogP contribution is -2.59. The fourth-order valence-corrected chi connectivity index (χ4v) is 4.34. The van der Waals surface area contributed by atoms with Crippen LogP contribution >= 0.6 is 0 Å². The van der Waals surface area contributed by atoms with Gasteiger partial charge in [0.2, 0.25) is 6.79 Å². The highest BCUT2D eigenvalue weighted by Crippen LogP contribution is 2.36. The molecule has 1 aromatic carbocycles. The summed E-state index contributed by atoms with van der Waals surface area (Å²) in [6.45, 7) is 5.07. The van der Waals surface area contributed by atoms with Crippen molar-refractivity contribution >= 4 is 5.82 Å². The Morgan fingerprint density at radius 2 is 1.88 bits per heavy atom. The molecule has 4 aliphatic rings. The van der Waals surface area contributed by atoms with Crippen molar-refractivity contribution in [3.8, 4) is 22.8 Å². The van der Waals surface area contributed by atoms with Crippen LogP contribution in [0.25, 0.3) is 11.3 Å². The monoisotopic (exact) mass is 338 g/mol. The van der Waals surface area contributed by atoms with Gasteiger partial charge in [-0.15, -0.1) is 10.2 Å². The number of ether oxygens (including phenoxy) is 2. The Hall–Kier alpha value is -2.34. The smallest absolute Gasteiger partial charge is 0.231 e. The van der Waals surface area contributed by atoms with E-state index in [0.717, 1.165) is 34.5 Å². The predicted molar refractivity (Wildman–Crippen MR) is 94.8 cm³/mol. The molecule has 1 aromatic heterocycles. The van der Waals surface area contributed by atoms with E-state index < -0.39 is 0 Å². The summed E-state index contributed by atoms with van der Waals surface area (Å²) >= 11 is 0. The van der Waals surface area contributed by atoms with E-state index in [-0.39, 0.29) is 6.79 Å². The van der Waals surface area contributed by atoms with E-state index >= 15 is 0 Å². The van der Waals surface area contributed by atoms with E-state index in [1.54, 1.807) is 0 Å². The van der Waals surface area contributed by atoms with Crippen molar-refractivity contribution in [2.45, 2.75) is 31.8 Å². The Kier molecular flexibility index (Phi) is 3.52. The number of benzene rings is 1. The minimum atomic E-state index is 0.283. The predicted octanol–water partition coefficient (Wildman–Crippen LogP) is 2.77. The Morgan fingerprint density at radius 3 is 2.64 bits per heavy atom. The maximum Gasteiger partial charge on any atom is 0.231 e. The molecule has 6 rings (SSSR count). The van der Waals surface area contributed by atoms with Gasteiger partial charge in [0.1, 0.15) is 5.82 Å². The maximum atomic E-state index is 5.44. The maximum absolute atomic E-state index is 5.44. The summed E-state index contributed by atoms with van der Waals surface area (Å²) < 4.78 is 10.8. The van der Waals surface area contributed by atoms with Crippen LogP contribution in [0.15, 0.2) is 30.3 Å². The first-order chi connectivity index (χ1) is 12.3. The minimum Gasteiger partial charge on any atom is -0.454 e. The number of anilines is 1. The summed E-state index contributed by atoms with van der Waals surface area (Å²) in [5, 5.41) is 12.4. The van der Waals surface area contributed by atoms with Crippen LogP contribution in [-0.2, 0) is 0 Å². The zero-order chi connectivity index (χ0) is 16.8. The summed E-state index contributed by atoms with van der Waals surface area (Å²) in [7, 11) is 0. The van der Waals surface area contributed by atoms with E-state index in [9.17, 15) is 0 Å². The van der Waals surface area contributed by atoms with Crippen molar-refractivity contribution in [2.24, 2.45) is 5.92 Å². The van der Waals surface area contributed by atoms with Crippen molar-refractivity contribution in [3.63, 3.8) is 0 Å². The highest BCUT2D eigenvalue weighted by atomic mass is 16.7. The van der Waals surface area contributed by atoms with Crippen LogP contribution in [0.4, 0.5) is 5.82 Å². The van der Waals surface area contributed by atoms with Crippen LogP contribution < -0.4 is 14.8 Å². The Morgan fingerprint density at radius 1 is 1.04 bits per heavy atom. The van der Waals surface area contributed by atoms with Gasteiger partial charge in [-0.25, -0.2) is 0 Å². The van der Waals surface area contributed by atoms with E-state index in [0.29, 0.717) is 12.1 Å². The lowest BCUT2D eigenvalue weighted by molar-refractivity contribution is 0.0457. The molecular weight excluding hydrogens is 316 g/mol. The standard InChI is InChI=1S/C19H22N4O2/c1-12-19(13-6-8-23(12)9-7-13)20-18-5-3-15(21-22-18)14-2-4-16-17(10-14)25-11-24-16/h2-5,10,12-13,19H,6-9,11H2,1H3,(H,20,22)/t12-,19+/m1/s1. The van der Waals surface area contributed by atoms with E-state index in [1.807, 2.05) is 30.3 Å². The summed E-state index contributed by atoms with van der Waals surface area (Å²) in [4.78, 5) is 2.58. The first-order valence-electron chi connectivity index (χ1n) is 9.02. The second-order valence-electron chi connectivity index (χ2n) is 7.16. The van der Waals surface area contributed by atoms with Gasteiger partial charge in [-0.2, -0.15) is 0 Å². The molecular formula is C19H22N4O2. The summed E-state index contributed by atoms with van der Waals surface area (Å²) in [5.41, 5.74) is 1.82. The molecule has 1 N–H and O–H groups in total. The molecule has 25 heavy (non-hydrogen) atoms. The molecule has 4 aliphatic heterocycles. The van der Waals surface area contributed by atoms with Crippen molar-refractivity contribution in [2.75, 3.05) is 25.2 Å². The molecule has 5 heterocycles.